The number of nitrogens with one attached hydrogen (secondary N) is 1. The zero-order valence-electron chi connectivity index (χ0n) is 16.4. The smallest absolute Gasteiger partial charge is 0.340 e. The molecule has 1 aromatic carbocycles. The molecule has 2 aromatic rings. The molecule has 154 valence electrons. The lowest BCUT2D eigenvalue weighted by Gasteiger charge is -2.34. The molecule has 1 N–H and O–H groups in total. The van der Waals surface area contributed by atoms with E-state index in [1.165, 1.54) is 6.26 Å². The van der Waals surface area contributed by atoms with E-state index in [1.807, 2.05) is 0 Å². The molecule has 8 heteroatoms. The first-order valence-electron chi connectivity index (χ1n) is 9.69. The SMILES string of the molecule is CCOC(=O)c1ccccc1NC(=O)CCN1CCN(C(=O)c2ccco2)CC1. The molecule has 2 heterocycles. The molecule has 3 rings (SSSR count). The lowest BCUT2D eigenvalue weighted by atomic mass is 10.1. The van der Waals surface area contributed by atoms with Gasteiger partial charge >= 0.3 is 5.97 Å². The Bertz CT molecular complexity index is 842. The summed E-state index contributed by atoms with van der Waals surface area (Å²) in [5.41, 5.74) is 0.789. The van der Waals surface area contributed by atoms with Crippen LogP contribution in [-0.4, -0.2) is 66.9 Å². The van der Waals surface area contributed by atoms with Crippen LogP contribution >= 0.6 is 0 Å². The number of carbonyl (C=O) groups excluding carboxylic acids is 3. The van der Waals surface area contributed by atoms with Gasteiger partial charge in [-0.15, -0.1) is 0 Å². The predicted molar refractivity (Wildman–Crippen MR) is 107 cm³/mol. The van der Waals surface area contributed by atoms with Crippen LogP contribution in [-0.2, 0) is 9.53 Å². The van der Waals surface area contributed by atoms with Crippen LogP contribution in [0.5, 0.6) is 0 Å². The second-order valence-corrected chi connectivity index (χ2v) is 6.68. The van der Waals surface area contributed by atoms with Gasteiger partial charge in [0.15, 0.2) is 5.76 Å². The fourth-order valence-electron chi connectivity index (χ4n) is 3.18. The van der Waals surface area contributed by atoms with E-state index in [2.05, 4.69) is 10.2 Å². The lowest BCUT2D eigenvalue weighted by molar-refractivity contribution is -0.116. The highest BCUT2D eigenvalue weighted by atomic mass is 16.5. The molecule has 0 radical (unpaired) electrons. The standard InChI is InChI=1S/C21H25N3O5/c1-2-28-21(27)16-6-3-4-7-17(16)22-19(25)9-10-23-11-13-24(14-12-23)20(26)18-8-5-15-29-18/h3-8,15H,2,9-14H2,1H3,(H,22,25). The molecule has 0 saturated carbocycles. The Morgan fingerprint density at radius 2 is 1.83 bits per heavy atom. The van der Waals surface area contributed by atoms with Crippen molar-refractivity contribution >= 4 is 23.5 Å². The number of furan rings is 1. The van der Waals surface area contributed by atoms with Crippen LogP contribution in [0.15, 0.2) is 47.1 Å². The van der Waals surface area contributed by atoms with Crippen LogP contribution in [0.1, 0.15) is 34.3 Å². The number of para-hydroxylation sites is 1. The van der Waals surface area contributed by atoms with Crippen molar-refractivity contribution in [3.8, 4) is 0 Å². The average molecular weight is 399 g/mol. The number of hydrogen-bond acceptors (Lipinski definition) is 6. The number of esters is 1. The zero-order valence-corrected chi connectivity index (χ0v) is 16.4. The van der Waals surface area contributed by atoms with Crippen molar-refractivity contribution in [2.75, 3.05) is 44.6 Å². The first-order valence-corrected chi connectivity index (χ1v) is 9.69. The van der Waals surface area contributed by atoms with Crippen molar-refractivity contribution in [1.82, 2.24) is 9.80 Å². The molecule has 29 heavy (non-hydrogen) atoms. The average Bonchev–Trinajstić information content (AvgIpc) is 3.27. The van der Waals surface area contributed by atoms with Gasteiger partial charge in [0.1, 0.15) is 0 Å². The highest BCUT2D eigenvalue weighted by Gasteiger charge is 2.24. The summed E-state index contributed by atoms with van der Waals surface area (Å²) >= 11 is 0. The summed E-state index contributed by atoms with van der Waals surface area (Å²) in [6.45, 7) is 5.16. The quantitative estimate of drug-likeness (QED) is 0.718. The molecule has 0 spiro atoms. The molecule has 1 fully saturated rings. The van der Waals surface area contributed by atoms with Gasteiger partial charge in [0.25, 0.3) is 5.91 Å². The Balaban J connectivity index is 1.45. The van der Waals surface area contributed by atoms with E-state index in [-0.39, 0.29) is 18.4 Å². The summed E-state index contributed by atoms with van der Waals surface area (Å²) in [5.74, 6) is -0.391. The van der Waals surface area contributed by atoms with Gasteiger partial charge < -0.3 is 19.4 Å². The molecule has 0 bridgehead atoms. The maximum atomic E-state index is 12.3. The molecule has 2 amide bonds. The van der Waals surface area contributed by atoms with E-state index in [0.29, 0.717) is 56.2 Å². The van der Waals surface area contributed by atoms with Crippen LogP contribution in [0.25, 0.3) is 0 Å². The van der Waals surface area contributed by atoms with E-state index >= 15 is 0 Å². The molecule has 8 nitrogen and oxygen atoms in total. The summed E-state index contributed by atoms with van der Waals surface area (Å²) < 4.78 is 10.2. The fraction of sp³-hybridized carbons (Fsp3) is 0.381. The van der Waals surface area contributed by atoms with Gasteiger partial charge in [0.2, 0.25) is 5.91 Å². The van der Waals surface area contributed by atoms with Crippen molar-refractivity contribution in [3.63, 3.8) is 0 Å². The molecule has 0 atom stereocenters. The number of amides is 2. The summed E-state index contributed by atoms with van der Waals surface area (Å²) in [4.78, 5) is 40.5. The van der Waals surface area contributed by atoms with Crippen LogP contribution < -0.4 is 5.32 Å². The number of anilines is 1. The van der Waals surface area contributed by atoms with E-state index < -0.39 is 5.97 Å². The number of rotatable bonds is 7. The fourth-order valence-corrected chi connectivity index (χ4v) is 3.18. The first kappa shape index (κ1) is 20.6. The molecule has 0 unspecified atom stereocenters. The van der Waals surface area contributed by atoms with Crippen molar-refractivity contribution < 1.29 is 23.5 Å². The zero-order chi connectivity index (χ0) is 20.6. The lowest BCUT2D eigenvalue weighted by Crippen LogP contribution is -2.49. The van der Waals surface area contributed by atoms with Crippen molar-refractivity contribution in [1.29, 1.82) is 0 Å². The van der Waals surface area contributed by atoms with E-state index in [1.54, 1.807) is 48.2 Å². The van der Waals surface area contributed by atoms with E-state index in [0.717, 1.165) is 0 Å². The van der Waals surface area contributed by atoms with E-state index in [4.69, 9.17) is 9.15 Å². The van der Waals surface area contributed by atoms with Gasteiger partial charge in [-0.25, -0.2) is 4.79 Å². The minimum Gasteiger partial charge on any atom is -0.462 e. The van der Waals surface area contributed by atoms with Gasteiger partial charge in [0.05, 0.1) is 24.1 Å². The first-order chi connectivity index (χ1) is 14.1. The topological polar surface area (TPSA) is 92.1 Å². The largest absolute Gasteiger partial charge is 0.462 e. The minimum absolute atomic E-state index is 0.108. The van der Waals surface area contributed by atoms with Gasteiger partial charge in [-0.3, -0.25) is 14.5 Å². The summed E-state index contributed by atoms with van der Waals surface area (Å²) in [6, 6.07) is 10.2. The molecular weight excluding hydrogens is 374 g/mol. The summed E-state index contributed by atoms with van der Waals surface area (Å²) in [5, 5.41) is 2.79. The van der Waals surface area contributed by atoms with Crippen LogP contribution in [0.3, 0.4) is 0 Å². The molecular formula is C21H25N3O5. The minimum atomic E-state index is -0.458. The number of piperazine rings is 1. The van der Waals surface area contributed by atoms with Gasteiger partial charge in [0, 0.05) is 39.1 Å². The Hall–Kier alpha value is -3.13. The third-order valence-corrected chi connectivity index (χ3v) is 4.74. The van der Waals surface area contributed by atoms with Crippen molar-refractivity contribution in [3.05, 3.63) is 54.0 Å². The van der Waals surface area contributed by atoms with Crippen molar-refractivity contribution in [2.45, 2.75) is 13.3 Å². The molecule has 1 aliphatic heterocycles. The molecule has 0 aliphatic carbocycles. The van der Waals surface area contributed by atoms with E-state index in [9.17, 15) is 14.4 Å². The maximum absolute atomic E-state index is 12.3. The highest BCUT2D eigenvalue weighted by Crippen LogP contribution is 2.17. The van der Waals surface area contributed by atoms with Crippen molar-refractivity contribution in [2.24, 2.45) is 0 Å². The third-order valence-electron chi connectivity index (χ3n) is 4.74. The van der Waals surface area contributed by atoms with Gasteiger partial charge in [-0.1, -0.05) is 12.1 Å². The maximum Gasteiger partial charge on any atom is 0.340 e. The second-order valence-electron chi connectivity index (χ2n) is 6.68. The number of nitrogens with zero attached hydrogens (tertiary/aromatic N) is 2. The molecule has 1 saturated heterocycles. The van der Waals surface area contributed by atoms with Crippen LogP contribution in [0.2, 0.25) is 0 Å². The Kier molecular flexibility index (Phi) is 7.02. The predicted octanol–water partition coefficient (Wildman–Crippen LogP) is 2.24. The Labute approximate surface area is 169 Å². The number of hydrogen-bond donors (Lipinski definition) is 1. The Morgan fingerprint density at radius 1 is 1.07 bits per heavy atom. The second kappa shape index (κ2) is 9.88. The Morgan fingerprint density at radius 3 is 2.52 bits per heavy atom. The summed E-state index contributed by atoms with van der Waals surface area (Å²) in [7, 11) is 0. The third kappa shape index (κ3) is 5.45. The highest BCUT2D eigenvalue weighted by molar-refractivity contribution is 6.01. The van der Waals surface area contributed by atoms with Crippen LogP contribution in [0.4, 0.5) is 5.69 Å². The molecule has 1 aromatic heterocycles. The monoisotopic (exact) mass is 399 g/mol. The molecule has 1 aliphatic rings. The van der Waals surface area contributed by atoms with Crippen LogP contribution in [0, 0.1) is 0 Å². The number of carbonyl (C=O) groups is 3. The van der Waals surface area contributed by atoms with Gasteiger partial charge in [-0.2, -0.15) is 0 Å². The summed E-state index contributed by atoms with van der Waals surface area (Å²) in [6.07, 6.45) is 1.78. The number of ether oxygens (including phenoxy) is 1. The normalized spacial score (nSPS) is 14.4. The number of benzene rings is 1. The van der Waals surface area contributed by atoms with Gasteiger partial charge in [-0.05, 0) is 31.2 Å².